The van der Waals surface area contributed by atoms with Gasteiger partial charge in [0.15, 0.2) is 5.76 Å². The van der Waals surface area contributed by atoms with Gasteiger partial charge >= 0.3 is 0 Å². The lowest BCUT2D eigenvalue weighted by Gasteiger charge is -2.31. The minimum absolute atomic E-state index is 0.0288. The first kappa shape index (κ1) is 19.4. The Kier molecular flexibility index (Phi) is 5.75. The summed E-state index contributed by atoms with van der Waals surface area (Å²) in [4.78, 5) is 38.7. The van der Waals surface area contributed by atoms with Crippen molar-refractivity contribution in [1.29, 1.82) is 0 Å². The summed E-state index contributed by atoms with van der Waals surface area (Å²) < 4.78 is 11.9. The summed E-state index contributed by atoms with van der Waals surface area (Å²) in [5.74, 6) is 0.0779. The van der Waals surface area contributed by atoms with Crippen LogP contribution in [0.4, 0.5) is 0 Å². The highest BCUT2D eigenvalue weighted by atomic mass is 16.5. The van der Waals surface area contributed by atoms with Crippen LogP contribution in [0.5, 0.6) is 0 Å². The fraction of sp³-hybridized carbons (Fsp3) is 0.500. The van der Waals surface area contributed by atoms with Gasteiger partial charge in [0, 0.05) is 44.8 Å². The lowest BCUT2D eigenvalue weighted by atomic mass is 10.1. The number of nitrogens with zero attached hydrogens (tertiary/aromatic N) is 3. The van der Waals surface area contributed by atoms with Gasteiger partial charge in [0.2, 0.25) is 11.8 Å². The molecular formula is C20H24N4O5. The number of aromatic nitrogens is 2. The van der Waals surface area contributed by atoms with Gasteiger partial charge in [-0.2, -0.15) is 5.10 Å². The van der Waals surface area contributed by atoms with Crippen molar-refractivity contribution in [1.82, 2.24) is 20.0 Å². The molecule has 9 nitrogen and oxygen atoms in total. The molecule has 29 heavy (non-hydrogen) atoms. The molecule has 0 bridgehead atoms. The third kappa shape index (κ3) is 4.40. The van der Waals surface area contributed by atoms with E-state index in [-0.39, 0.29) is 48.8 Å². The monoisotopic (exact) mass is 400 g/mol. The number of hydrogen-bond donors (Lipinski definition) is 1. The minimum atomic E-state index is -0.357. The number of carbonyl (C=O) groups is 2. The standard InChI is InChI=1S/C20H24N4O5/c25-18-4-3-16(17-2-1-9-29-17)22-24(18)8-7-21-20(27)14-12-19(26)23(13-14)15-5-10-28-11-6-15/h1-4,9,14-15H,5-8,10-13H2,(H,21,27). The number of carbonyl (C=O) groups excluding carboxylic acids is 2. The molecule has 0 aromatic carbocycles. The SMILES string of the molecule is O=C(NCCn1nc(-c2ccco2)ccc1=O)C1CC(=O)N(C2CCOCC2)C1. The molecule has 2 fully saturated rings. The Hall–Kier alpha value is -2.94. The van der Waals surface area contributed by atoms with Gasteiger partial charge in [0.1, 0.15) is 5.69 Å². The number of hydrogen-bond acceptors (Lipinski definition) is 6. The molecule has 1 N–H and O–H groups in total. The number of nitrogens with one attached hydrogen (secondary N) is 1. The summed E-state index contributed by atoms with van der Waals surface area (Å²) in [6.45, 7) is 2.26. The summed E-state index contributed by atoms with van der Waals surface area (Å²) in [5.41, 5.74) is 0.297. The average molecular weight is 400 g/mol. The normalized spacial score (nSPS) is 20.2. The van der Waals surface area contributed by atoms with Crippen LogP contribution in [-0.2, 0) is 20.9 Å². The van der Waals surface area contributed by atoms with E-state index in [1.54, 1.807) is 24.5 Å². The van der Waals surface area contributed by atoms with E-state index >= 15 is 0 Å². The lowest BCUT2D eigenvalue weighted by molar-refractivity contribution is -0.131. The van der Waals surface area contributed by atoms with Crippen molar-refractivity contribution in [3.63, 3.8) is 0 Å². The molecule has 0 radical (unpaired) electrons. The van der Waals surface area contributed by atoms with Gasteiger partial charge in [0.25, 0.3) is 5.56 Å². The van der Waals surface area contributed by atoms with Crippen molar-refractivity contribution >= 4 is 11.8 Å². The van der Waals surface area contributed by atoms with Gasteiger partial charge < -0.3 is 19.4 Å². The highest BCUT2D eigenvalue weighted by molar-refractivity contribution is 5.89. The molecule has 2 amide bonds. The molecule has 1 atom stereocenters. The quantitative estimate of drug-likeness (QED) is 0.763. The largest absolute Gasteiger partial charge is 0.463 e. The van der Waals surface area contributed by atoms with Crippen LogP contribution in [0.25, 0.3) is 11.5 Å². The Morgan fingerprint density at radius 3 is 2.79 bits per heavy atom. The summed E-state index contributed by atoms with van der Waals surface area (Å²) in [6, 6.07) is 6.71. The Morgan fingerprint density at radius 1 is 1.21 bits per heavy atom. The Morgan fingerprint density at radius 2 is 2.03 bits per heavy atom. The van der Waals surface area contributed by atoms with Gasteiger partial charge in [-0.05, 0) is 31.0 Å². The molecule has 0 aliphatic carbocycles. The van der Waals surface area contributed by atoms with Crippen LogP contribution in [0.3, 0.4) is 0 Å². The van der Waals surface area contributed by atoms with E-state index in [0.29, 0.717) is 31.2 Å². The average Bonchev–Trinajstić information content (AvgIpc) is 3.40. The number of furan rings is 1. The first-order valence-corrected chi connectivity index (χ1v) is 9.89. The maximum atomic E-state index is 12.5. The van der Waals surface area contributed by atoms with Gasteiger partial charge in [-0.3, -0.25) is 14.4 Å². The van der Waals surface area contributed by atoms with Gasteiger partial charge in [-0.1, -0.05) is 0 Å². The van der Waals surface area contributed by atoms with Crippen molar-refractivity contribution in [2.45, 2.75) is 31.8 Å². The Bertz CT molecular complexity index is 917. The third-order valence-electron chi connectivity index (χ3n) is 5.42. The van der Waals surface area contributed by atoms with Gasteiger partial charge in [-0.15, -0.1) is 0 Å². The molecule has 4 rings (SSSR count). The molecule has 9 heteroatoms. The molecule has 0 spiro atoms. The first-order valence-electron chi connectivity index (χ1n) is 9.89. The molecule has 2 saturated heterocycles. The molecular weight excluding hydrogens is 376 g/mol. The summed E-state index contributed by atoms with van der Waals surface area (Å²) in [5, 5.41) is 7.11. The maximum absolute atomic E-state index is 12.5. The van der Waals surface area contributed by atoms with Crippen LogP contribution in [0.15, 0.2) is 39.7 Å². The van der Waals surface area contributed by atoms with E-state index in [0.717, 1.165) is 12.8 Å². The summed E-state index contributed by atoms with van der Waals surface area (Å²) >= 11 is 0. The number of likely N-dealkylation sites (tertiary alicyclic amines) is 1. The maximum Gasteiger partial charge on any atom is 0.266 e. The number of rotatable bonds is 6. The van der Waals surface area contributed by atoms with Crippen molar-refractivity contribution < 1.29 is 18.7 Å². The van der Waals surface area contributed by atoms with E-state index in [2.05, 4.69) is 10.4 Å². The third-order valence-corrected chi connectivity index (χ3v) is 5.42. The first-order chi connectivity index (χ1) is 14.1. The fourth-order valence-corrected chi connectivity index (χ4v) is 3.85. The van der Waals surface area contributed by atoms with E-state index in [1.807, 2.05) is 4.90 Å². The van der Waals surface area contributed by atoms with Crippen LogP contribution >= 0.6 is 0 Å². The second kappa shape index (κ2) is 8.60. The van der Waals surface area contributed by atoms with Crippen LogP contribution in [0, 0.1) is 5.92 Å². The molecule has 2 aromatic heterocycles. The molecule has 0 saturated carbocycles. The molecule has 1 unspecified atom stereocenters. The smallest absolute Gasteiger partial charge is 0.266 e. The second-order valence-corrected chi connectivity index (χ2v) is 7.34. The van der Waals surface area contributed by atoms with Crippen molar-refractivity contribution in [2.75, 3.05) is 26.3 Å². The van der Waals surface area contributed by atoms with Crippen molar-refractivity contribution in [3.8, 4) is 11.5 Å². The Labute approximate surface area is 167 Å². The minimum Gasteiger partial charge on any atom is -0.463 e. The lowest BCUT2D eigenvalue weighted by Crippen LogP contribution is -2.41. The number of ether oxygens (including phenoxy) is 1. The summed E-state index contributed by atoms with van der Waals surface area (Å²) in [6.07, 6.45) is 3.41. The van der Waals surface area contributed by atoms with E-state index in [9.17, 15) is 14.4 Å². The molecule has 154 valence electrons. The second-order valence-electron chi connectivity index (χ2n) is 7.34. The molecule has 4 heterocycles. The van der Waals surface area contributed by atoms with Gasteiger partial charge in [0.05, 0.1) is 18.7 Å². The summed E-state index contributed by atoms with van der Waals surface area (Å²) in [7, 11) is 0. The van der Waals surface area contributed by atoms with Crippen LogP contribution in [-0.4, -0.2) is 58.8 Å². The van der Waals surface area contributed by atoms with Crippen LogP contribution in [0.1, 0.15) is 19.3 Å². The number of amides is 2. The fourth-order valence-electron chi connectivity index (χ4n) is 3.85. The highest BCUT2D eigenvalue weighted by Crippen LogP contribution is 2.25. The zero-order chi connectivity index (χ0) is 20.2. The molecule has 2 aliphatic rings. The molecule has 2 aromatic rings. The van der Waals surface area contributed by atoms with Crippen molar-refractivity contribution in [2.24, 2.45) is 5.92 Å². The topological polar surface area (TPSA) is 107 Å². The zero-order valence-corrected chi connectivity index (χ0v) is 16.1. The van der Waals surface area contributed by atoms with Crippen LogP contribution in [0.2, 0.25) is 0 Å². The van der Waals surface area contributed by atoms with E-state index in [4.69, 9.17) is 9.15 Å². The predicted octanol–water partition coefficient (Wildman–Crippen LogP) is 0.647. The Balaban J connectivity index is 1.31. The highest BCUT2D eigenvalue weighted by Gasteiger charge is 2.38. The van der Waals surface area contributed by atoms with E-state index in [1.165, 1.54) is 10.7 Å². The zero-order valence-electron chi connectivity index (χ0n) is 16.1. The molecule has 2 aliphatic heterocycles. The van der Waals surface area contributed by atoms with E-state index < -0.39 is 0 Å². The van der Waals surface area contributed by atoms with Crippen LogP contribution < -0.4 is 10.9 Å². The van der Waals surface area contributed by atoms with Crippen molar-refractivity contribution in [3.05, 3.63) is 40.9 Å². The predicted molar refractivity (Wildman–Crippen MR) is 103 cm³/mol. The van der Waals surface area contributed by atoms with Gasteiger partial charge in [-0.25, -0.2) is 4.68 Å².